The van der Waals surface area contributed by atoms with E-state index in [1.165, 1.54) is 0 Å². The Bertz CT molecular complexity index is 411. The minimum absolute atomic E-state index is 0.186. The predicted molar refractivity (Wildman–Crippen MR) is 78.4 cm³/mol. The number of para-hydroxylation sites is 1. The van der Waals surface area contributed by atoms with Crippen LogP contribution in [0.4, 0.5) is 0 Å². The number of carboxylic acid groups (broad SMARTS) is 1. The molecule has 0 bridgehead atoms. The molecule has 100 valence electrons. The number of rotatable bonds is 3. The smallest absolute Gasteiger partial charge is 0.321 e. The van der Waals surface area contributed by atoms with Gasteiger partial charge >= 0.3 is 5.97 Å². The zero-order valence-corrected chi connectivity index (χ0v) is 12.9. The van der Waals surface area contributed by atoms with Gasteiger partial charge in [-0.25, -0.2) is 0 Å². The van der Waals surface area contributed by atoms with Gasteiger partial charge in [0, 0.05) is 6.92 Å². The van der Waals surface area contributed by atoms with Crippen LogP contribution in [0.3, 0.4) is 0 Å². The Morgan fingerprint density at radius 3 is 2.39 bits per heavy atom. The van der Waals surface area contributed by atoms with Gasteiger partial charge in [0.2, 0.25) is 0 Å². The lowest BCUT2D eigenvalue weighted by atomic mass is 10.1. The second kappa shape index (κ2) is 8.91. The van der Waals surface area contributed by atoms with Gasteiger partial charge in [-0.1, -0.05) is 47.7 Å². The molecule has 0 fully saturated rings. The van der Waals surface area contributed by atoms with Gasteiger partial charge in [-0.3, -0.25) is 9.59 Å². The Morgan fingerprint density at radius 2 is 1.94 bits per heavy atom. The summed E-state index contributed by atoms with van der Waals surface area (Å²) in [4.78, 5) is 20.2. The third-order valence-corrected chi connectivity index (χ3v) is 2.62. The van der Waals surface area contributed by atoms with E-state index in [9.17, 15) is 4.79 Å². The Hall–Kier alpha value is -1.11. The van der Waals surface area contributed by atoms with Gasteiger partial charge in [0.05, 0.1) is 4.43 Å². The molecule has 0 amide bonds. The van der Waals surface area contributed by atoms with Gasteiger partial charge in [-0.2, -0.15) is 0 Å². The molecule has 18 heavy (non-hydrogen) atoms. The lowest BCUT2D eigenvalue weighted by Gasteiger charge is -2.10. The predicted octanol–water partition coefficient (Wildman–Crippen LogP) is 2.99. The van der Waals surface area contributed by atoms with Crippen molar-refractivity contribution in [2.24, 2.45) is 0 Å². The highest BCUT2D eigenvalue weighted by atomic mass is 127. The number of ether oxygens (including phenoxy) is 1. The monoisotopic (exact) mass is 364 g/mol. The fourth-order valence-electron chi connectivity index (χ4n) is 1.28. The third kappa shape index (κ3) is 6.58. The van der Waals surface area contributed by atoms with Crippen molar-refractivity contribution in [3.8, 4) is 5.75 Å². The molecule has 0 saturated heterocycles. The van der Waals surface area contributed by atoms with Gasteiger partial charge in [0.25, 0.3) is 5.97 Å². The van der Waals surface area contributed by atoms with Gasteiger partial charge in [-0.15, -0.1) is 0 Å². The molecule has 0 saturated carbocycles. The topological polar surface area (TPSA) is 63.6 Å². The summed E-state index contributed by atoms with van der Waals surface area (Å²) in [7, 11) is 0. The highest BCUT2D eigenvalue weighted by molar-refractivity contribution is 14.1. The quantitative estimate of drug-likeness (QED) is 0.388. The Labute approximate surface area is 120 Å². The van der Waals surface area contributed by atoms with E-state index in [2.05, 4.69) is 6.92 Å². The van der Waals surface area contributed by atoms with Crippen molar-refractivity contribution in [1.29, 1.82) is 0 Å². The maximum absolute atomic E-state index is 11.2. The van der Waals surface area contributed by atoms with Crippen molar-refractivity contribution in [3.63, 3.8) is 0 Å². The van der Waals surface area contributed by atoms with Crippen LogP contribution in [0.15, 0.2) is 18.2 Å². The molecular formula is C13H17IO4. The highest BCUT2D eigenvalue weighted by Crippen LogP contribution is 2.24. The largest absolute Gasteiger partial charge is 0.481 e. The first kappa shape index (κ1) is 16.9. The number of esters is 1. The normalized spacial score (nSPS) is 9.11. The molecule has 0 aliphatic heterocycles. The minimum atomic E-state index is -0.833. The summed E-state index contributed by atoms with van der Waals surface area (Å²) in [6, 6.07) is 5.92. The molecular weight excluding hydrogens is 347 g/mol. The number of aryl methyl sites for hydroxylation is 2. The van der Waals surface area contributed by atoms with E-state index in [1.54, 1.807) is 0 Å². The van der Waals surface area contributed by atoms with Gasteiger partial charge < -0.3 is 9.84 Å². The van der Waals surface area contributed by atoms with Crippen molar-refractivity contribution in [1.82, 2.24) is 0 Å². The third-order valence-electron chi connectivity index (χ3n) is 2.00. The van der Waals surface area contributed by atoms with Crippen LogP contribution in [0.25, 0.3) is 0 Å². The molecule has 0 spiro atoms. The lowest BCUT2D eigenvalue weighted by Crippen LogP contribution is -2.10. The Balaban J connectivity index is 0.000000631. The van der Waals surface area contributed by atoms with Crippen molar-refractivity contribution in [3.05, 3.63) is 29.3 Å². The molecule has 1 rings (SSSR count). The fraction of sp³-hybridized carbons (Fsp3) is 0.385. The number of halogens is 1. The molecule has 1 aromatic rings. The standard InChI is InChI=1S/C11H13IO2.C2H4O2/c1-3-9-6-4-5-8(2)11(9)14-10(13)7-12;1-2(3)4/h4-6H,3,7H2,1-2H3;1H3,(H,3,4). The summed E-state index contributed by atoms with van der Waals surface area (Å²) in [6.45, 7) is 5.09. The van der Waals surface area contributed by atoms with Crippen LogP contribution in [-0.4, -0.2) is 21.5 Å². The fourth-order valence-corrected chi connectivity index (χ4v) is 1.43. The van der Waals surface area contributed by atoms with Crippen molar-refractivity contribution in [2.75, 3.05) is 4.43 Å². The van der Waals surface area contributed by atoms with Crippen LogP contribution < -0.4 is 4.74 Å². The molecule has 0 radical (unpaired) electrons. The summed E-state index contributed by atoms with van der Waals surface area (Å²) < 4.78 is 5.65. The summed E-state index contributed by atoms with van der Waals surface area (Å²) in [6.07, 6.45) is 0.880. The molecule has 1 N–H and O–H groups in total. The second-order valence-corrected chi connectivity index (χ2v) is 4.31. The molecule has 5 heteroatoms. The molecule has 0 aliphatic rings. The van der Waals surface area contributed by atoms with Crippen molar-refractivity contribution >= 4 is 34.5 Å². The number of hydrogen-bond acceptors (Lipinski definition) is 3. The van der Waals surface area contributed by atoms with E-state index >= 15 is 0 Å². The average molecular weight is 364 g/mol. The zero-order chi connectivity index (χ0) is 14.1. The summed E-state index contributed by atoms with van der Waals surface area (Å²) in [5.74, 6) is -0.286. The molecule has 0 aromatic heterocycles. The molecule has 0 aliphatic carbocycles. The van der Waals surface area contributed by atoms with Gasteiger partial charge in [0.1, 0.15) is 5.75 Å². The van der Waals surface area contributed by atoms with Gasteiger partial charge in [-0.05, 0) is 24.5 Å². The summed E-state index contributed by atoms with van der Waals surface area (Å²) in [5, 5.41) is 7.42. The second-order valence-electron chi connectivity index (χ2n) is 3.54. The van der Waals surface area contributed by atoms with Crippen molar-refractivity contribution in [2.45, 2.75) is 27.2 Å². The van der Waals surface area contributed by atoms with E-state index in [4.69, 9.17) is 14.6 Å². The van der Waals surface area contributed by atoms with Gasteiger partial charge in [0.15, 0.2) is 0 Å². The van der Waals surface area contributed by atoms with E-state index in [1.807, 2.05) is 47.7 Å². The number of carbonyl (C=O) groups is 2. The SMILES string of the molecule is CC(=O)O.CCc1cccc(C)c1OC(=O)CI. The highest BCUT2D eigenvalue weighted by Gasteiger charge is 2.09. The maximum Gasteiger partial charge on any atom is 0.321 e. The number of carbonyl (C=O) groups excluding carboxylic acids is 1. The van der Waals surface area contributed by atoms with Crippen LogP contribution in [-0.2, 0) is 16.0 Å². The van der Waals surface area contributed by atoms with Crippen molar-refractivity contribution < 1.29 is 19.4 Å². The van der Waals surface area contributed by atoms with E-state index < -0.39 is 5.97 Å². The molecule has 0 atom stereocenters. The molecule has 4 nitrogen and oxygen atoms in total. The van der Waals surface area contributed by atoms with E-state index in [0.717, 1.165) is 30.2 Å². The average Bonchev–Trinajstić information content (AvgIpc) is 2.30. The van der Waals surface area contributed by atoms with Crippen LogP contribution in [0, 0.1) is 6.92 Å². The number of benzene rings is 1. The summed E-state index contributed by atoms with van der Waals surface area (Å²) >= 11 is 2.00. The van der Waals surface area contributed by atoms with Crippen LogP contribution in [0.1, 0.15) is 25.0 Å². The molecule has 1 aromatic carbocycles. The molecule has 0 unspecified atom stereocenters. The van der Waals surface area contributed by atoms with E-state index in [-0.39, 0.29) is 5.97 Å². The summed E-state index contributed by atoms with van der Waals surface area (Å²) in [5.41, 5.74) is 2.10. The lowest BCUT2D eigenvalue weighted by molar-refractivity contribution is -0.134. The van der Waals surface area contributed by atoms with Crippen LogP contribution in [0.2, 0.25) is 0 Å². The first-order valence-corrected chi connectivity index (χ1v) is 6.99. The molecule has 0 heterocycles. The Kier molecular flexibility index (Phi) is 8.36. The maximum atomic E-state index is 11.2. The minimum Gasteiger partial charge on any atom is -0.481 e. The number of aliphatic carboxylic acids is 1. The number of alkyl halides is 1. The van der Waals surface area contributed by atoms with Crippen LogP contribution in [0.5, 0.6) is 5.75 Å². The zero-order valence-electron chi connectivity index (χ0n) is 10.7. The first-order chi connectivity index (χ1) is 8.42. The van der Waals surface area contributed by atoms with E-state index in [0.29, 0.717) is 4.43 Å². The van der Waals surface area contributed by atoms with Crippen LogP contribution >= 0.6 is 22.6 Å². The number of carboxylic acids is 1. The first-order valence-electron chi connectivity index (χ1n) is 5.47. The number of hydrogen-bond donors (Lipinski definition) is 1. The Morgan fingerprint density at radius 1 is 1.39 bits per heavy atom.